The number of benzene rings is 2. The molecule has 2 nitrogen and oxygen atoms in total. The van der Waals surface area contributed by atoms with Gasteiger partial charge in [-0.3, -0.25) is 0 Å². The summed E-state index contributed by atoms with van der Waals surface area (Å²) in [5, 5.41) is 8.16. The molecule has 0 saturated carbocycles. The molecule has 3 heteroatoms. The third-order valence-electron chi connectivity index (χ3n) is 3.64. The average molecular weight is 297 g/mol. The van der Waals surface area contributed by atoms with Crippen molar-refractivity contribution in [2.75, 3.05) is 13.7 Å². The van der Waals surface area contributed by atoms with Gasteiger partial charge in [0.25, 0.3) is 0 Å². The normalized spacial score (nSPS) is 12.5. The van der Waals surface area contributed by atoms with Crippen LogP contribution in [0.25, 0.3) is 10.8 Å². The molecule has 0 radical (unpaired) electrons. The van der Waals surface area contributed by atoms with Crippen LogP contribution in [0.1, 0.15) is 23.4 Å². The van der Waals surface area contributed by atoms with Crippen molar-refractivity contribution >= 4 is 22.1 Å². The standard InChI is InChI=1S/C18H19NOS/c1-3-19-18(17-5-4-10-21-17)15-7-6-14-12-16(20-2)9-8-13(14)11-15/h4-12,18-19H,3H2,1-2H3. The molecule has 1 atom stereocenters. The van der Waals surface area contributed by atoms with Crippen LogP contribution in [0.15, 0.2) is 53.9 Å². The van der Waals surface area contributed by atoms with E-state index in [0.29, 0.717) is 0 Å². The van der Waals surface area contributed by atoms with Crippen LogP contribution in [0.2, 0.25) is 0 Å². The van der Waals surface area contributed by atoms with Gasteiger partial charge in [0, 0.05) is 4.88 Å². The summed E-state index contributed by atoms with van der Waals surface area (Å²) in [5.74, 6) is 0.900. The Morgan fingerprint density at radius 2 is 1.90 bits per heavy atom. The monoisotopic (exact) mass is 297 g/mol. The Morgan fingerprint density at radius 3 is 2.62 bits per heavy atom. The van der Waals surface area contributed by atoms with Gasteiger partial charge in [-0.1, -0.05) is 31.2 Å². The molecular formula is C18H19NOS. The zero-order valence-corrected chi connectivity index (χ0v) is 13.1. The topological polar surface area (TPSA) is 21.3 Å². The van der Waals surface area contributed by atoms with Crippen molar-refractivity contribution in [2.24, 2.45) is 0 Å². The lowest BCUT2D eigenvalue weighted by molar-refractivity contribution is 0.415. The summed E-state index contributed by atoms with van der Waals surface area (Å²) in [6, 6.07) is 17.4. The van der Waals surface area contributed by atoms with Crippen LogP contribution >= 0.6 is 11.3 Å². The van der Waals surface area contributed by atoms with Gasteiger partial charge in [0.2, 0.25) is 0 Å². The number of nitrogens with one attached hydrogen (secondary N) is 1. The van der Waals surface area contributed by atoms with Crippen LogP contribution in [0.3, 0.4) is 0 Å². The van der Waals surface area contributed by atoms with Gasteiger partial charge in [0.05, 0.1) is 13.2 Å². The highest BCUT2D eigenvalue weighted by Gasteiger charge is 2.14. The molecular weight excluding hydrogens is 278 g/mol. The van der Waals surface area contributed by atoms with Crippen molar-refractivity contribution in [1.29, 1.82) is 0 Å². The maximum atomic E-state index is 5.29. The Kier molecular flexibility index (Phi) is 4.23. The summed E-state index contributed by atoms with van der Waals surface area (Å²) >= 11 is 1.79. The Bertz CT molecular complexity index is 721. The van der Waals surface area contributed by atoms with Crippen LogP contribution < -0.4 is 10.1 Å². The second kappa shape index (κ2) is 6.29. The van der Waals surface area contributed by atoms with Crippen molar-refractivity contribution < 1.29 is 4.74 Å². The number of fused-ring (bicyclic) bond motifs is 1. The van der Waals surface area contributed by atoms with Crippen LogP contribution in [0, 0.1) is 0 Å². The third kappa shape index (κ3) is 2.94. The molecule has 0 bridgehead atoms. The molecule has 108 valence electrons. The lowest BCUT2D eigenvalue weighted by atomic mass is 10.0. The highest BCUT2D eigenvalue weighted by Crippen LogP contribution is 2.29. The maximum Gasteiger partial charge on any atom is 0.119 e. The SMILES string of the molecule is CCNC(c1ccc2cc(OC)ccc2c1)c1cccs1. The molecule has 1 N–H and O–H groups in total. The minimum atomic E-state index is 0.265. The van der Waals surface area contributed by atoms with Crippen molar-refractivity contribution in [1.82, 2.24) is 5.32 Å². The summed E-state index contributed by atoms with van der Waals surface area (Å²) in [6.45, 7) is 3.09. The molecule has 1 heterocycles. The minimum absolute atomic E-state index is 0.265. The zero-order chi connectivity index (χ0) is 14.7. The second-order valence-electron chi connectivity index (χ2n) is 4.98. The minimum Gasteiger partial charge on any atom is -0.497 e. The largest absolute Gasteiger partial charge is 0.497 e. The molecule has 0 aliphatic rings. The van der Waals surface area contributed by atoms with Crippen molar-refractivity contribution in [3.05, 3.63) is 64.4 Å². The Balaban J connectivity index is 2.02. The fourth-order valence-corrected chi connectivity index (χ4v) is 3.42. The van der Waals surface area contributed by atoms with Crippen LogP contribution in [0.5, 0.6) is 5.75 Å². The number of hydrogen-bond acceptors (Lipinski definition) is 3. The highest BCUT2D eigenvalue weighted by molar-refractivity contribution is 7.10. The van der Waals surface area contributed by atoms with E-state index < -0.39 is 0 Å². The number of ether oxygens (including phenoxy) is 1. The first-order valence-corrected chi connectivity index (χ1v) is 8.04. The molecule has 0 amide bonds. The number of rotatable bonds is 5. The van der Waals surface area contributed by atoms with Gasteiger partial charge in [0.15, 0.2) is 0 Å². The van der Waals surface area contributed by atoms with Gasteiger partial charge < -0.3 is 10.1 Å². The summed E-state index contributed by atoms with van der Waals surface area (Å²) in [4.78, 5) is 1.35. The third-order valence-corrected chi connectivity index (χ3v) is 4.58. The predicted molar refractivity (Wildman–Crippen MR) is 90.3 cm³/mol. The second-order valence-corrected chi connectivity index (χ2v) is 5.96. The molecule has 3 rings (SSSR count). The molecule has 1 aromatic heterocycles. The van der Waals surface area contributed by atoms with Gasteiger partial charge >= 0.3 is 0 Å². The summed E-state index contributed by atoms with van der Waals surface area (Å²) in [7, 11) is 1.70. The Morgan fingerprint density at radius 1 is 1.10 bits per heavy atom. The molecule has 1 unspecified atom stereocenters. The molecule has 0 aliphatic carbocycles. The van der Waals surface area contributed by atoms with E-state index in [2.05, 4.69) is 60.1 Å². The fraction of sp³-hybridized carbons (Fsp3) is 0.222. The summed E-state index contributed by atoms with van der Waals surface area (Å²) in [5.41, 5.74) is 1.30. The van der Waals surface area contributed by atoms with Gasteiger partial charge in [-0.15, -0.1) is 11.3 Å². The van der Waals surface area contributed by atoms with Gasteiger partial charge in [-0.05, 0) is 52.5 Å². The number of hydrogen-bond donors (Lipinski definition) is 1. The quantitative estimate of drug-likeness (QED) is 0.742. The van der Waals surface area contributed by atoms with E-state index in [4.69, 9.17) is 4.74 Å². The van der Waals surface area contributed by atoms with Crippen LogP contribution in [0.4, 0.5) is 0 Å². The summed E-state index contributed by atoms with van der Waals surface area (Å²) in [6.07, 6.45) is 0. The van der Waals surface area contributed by atoms with Gasteiger partial charge in [0.1, 0.15) is 5.75 Å². The van der Waals surface area contributed by atoms with E-state index in [1.807, 2.05) is 6.07 Å². The summed E-state index contributed by atoms with van der Waals surface area (Å²) < 4.78 is 5.29. The Labute approximate surface area is 129 Å². The van der Waals surface area contributed by atoms with Crippen LogP contribution in [-0.4, -0.2) is 13.7 Å². The van der Waals surface area contributed by atoms with E-state index in [1.54, 1.807) is 18.4 Å². The molecule has 3 aromatic rings. The van der Waals surface area contributed by atoms with Crippen molar-refractivity contribution in [3.63, 3.8) is 0 Å². The van der Waals surface area contributed by atoms with Gasteiger partial charge in [-0.25, -0.2) is 0 Å². The van der Waals surface area contributed by atoms with E-state index in [0.717, 1.165) is 12.3 Å². The zero-order valence-electron chi connectivity index (χ0n) is 12.3. The van der Waals surface area contributed by atoms with Crippen LogP contribution in [-0.2, 0) is 0 Å². The number of thiophene rings is 1. The smallest absolute Gasteiger partial charge is 0.119 e. The molecule has 0 fully saturated rings. The fourth-order valence-electron chi connectivity index (χ4n) is 2.59. The Hall–Kier alpha value is -1.84. The van der Waals surface area contributed by atoms with E-state index in [-0.39, 0.29) is 6.04 Å². The average Bonchev–Trinajstić information content (AvgIpc) is 3.05. The highest BCUT2D eigenvalue weighted by atomic mass is 32.1. The molecule has 0 saturated heterocycles. The van der Waals surface area contributed by atoms with E-state index >= 15 is 0 Å². The maximum absolute atomic E-state index is 5.29. The number of methoxy groups -OCH3 is 1. The lowest BCUT2D eigenvalue weighted by Crippen LogP contribution is -2.20. The van der Waals surface area contributed by atoms with Crippen molar-refractivity contribution in [2.45, 2.75) is 13.0 Å². The van der Waals surface area contributed by atoms with E-state index in [9.17, 15) is 0 Å². The first-order valence-electron chi connectivity index (χ1n) is 7.16. The lowest BCUT2D eigenvalue weighted by Gasteiger charge is -2.17. The predicted octanol–water partition coefficient (Wildman–Crippen LogP) is 4.61. The first-order chi connectivity index (χ1) is 10.3. The van der Waals surface area contributed by atoms with E-state index in [1.165, 1.54) is 21.2 Å². The van der Waals surface area contributed by atoms with Crippen molar-refractivity contribution in [3.8, 4) is 5.75 Å². The first kappa shape index (κ1) is 14.1. The molecule has 0 spiro atoms. The molecule has 2 aromatic carbocycles. The molecule has 21 heavy (non-hydrogen) atoms. The molecule has 0 aliphatic heterocycles. The van der Waals surface area contributed by atoms with Gasteiger partial charge in [-0.2, -0.15) is 0 Å².